The summed E-state index contributed by atoms with van der Waals surface area (Å²) in [6, 6.07) is 31.2. The highest BCUT2D eigenvalue weighted by molar-refractivity contribution is 5.87. The summed E-state index contributed by atoms with van der Waals surface area (Å²) >= 11 is 0. The molecule has 5 rings (SSSR count). The Morgan fingerprint density at radius 2 is 1.17 bits per heavy atom. The van der Waals surface area contributed by atoms with Crippen LogP contribution in [0.25, 0.3) is 33.4 Å². The Labute approximate surface area is 173 Å². The van der Waals surface area contributed by atoms with Crippen LogP contribution in [0.4, 0.5) is 0 Å². The molecule has 0 bridgehead atoms. The van der Waals surface area contributed by atoms with Gasteiger partial charge in [0.1, 0.15) is 0 Å². The second-order valence-electron chi connectivity index (χ2n) is 8.78. The van der Waals surface area contributed by atoms with Gasteiger partial charge in [-0.1, -0.05) is 86.6 Å². The van der Waals surface area contributed by atoms with E-state index >= 15 is 0 Å². The maximum absolute atomic E-state index is 2.43. The van der Waals surface area contributed by atoms with E-state index in [-0.39, 0.29) is 5.41 Å². The third-order valence-electron chi connectivity index (χ3n) is 6.56. The lowest BCUT2D eigenvalue weighted by Crippen LogP contribution is -2.15. The summed E-state index contributed by atoms with van der Waals surface area (Å²) in [5, 5.41) is 0. The predicted octanol–water partition coefficient (Wildman–Crippen LogP) is 7.94. The topological polar surface area (TPSA) is 0 Å². The molecule has 0 fully saturated rings. The van der Waals surface area contributed by atoms with E-state index in [0.29, 0.717) is 0 Å². The zero-order valence-corrected chi connectivity index (χ0v) is 17.6. The molecule has 0 heteroatoms. The largest absolute Gasteiger partial charge is 0.0622 e. The van der Waals surface area contributed by atoms with E-state index in [1.807, 2.05) is 0 Å². The van der Waals surface area contributed by atoms with Crippen molar-refractivity contribution in [2.45, 2.75) is 33.1 Å². The molecule has 0 amide bonds. The van der Waals surface area contributed by atoms with Crippen molar-refractivity contribution in [2.24, 2.45) is 0 Å². The van der Waals surface area contributed by atoms with Crippen LogP contribution in [0, 0.1) is 13.8 Å². The van der Waals surface area contributed by atoms with Crippen molar-refractivity contribution in [1.82, 2.24) is 0 Å². The fraction of sp³-hybridized carbons (Fsp3) is 0.172. The van der Waals surface area contributed by atoms with Crippen LogP contribution in [0.15, 0.2) is 84.9 Å². The second-order valence-corrected chi connectivity index (χ2v) is 8.78. The van der Waals surface area contributed by atoms with Crippen LogP contribution in [0.2, 0.25) is 0 Å². The van der Waals surface area contributed by atoms with Crippen LogP contribution in [0.1, 0.15) is 36.1 Å². The SMILES string of the molecule is Cc1ccc(-c2ccccc2)cc1-c1cc2c(cc1C)C(C)(C)c1ccccc1-2. The number of hydrogen-bond acceptors (Lipinski definition) is 0. The van der Waals surface area contributed by atoms with Gasteiger partial charge < -0.3 is 0 Å². The first-order valence-corrected chi connectivity index (χ1v) is 10.4. The van der Waals surface area contributed by atoms with Gasteiger partial charge in [-0.3, -0.25) is 0 Å². The van der Waals surface area contributed by atoms with Gasteiger partial charge in [0.2, 0.25) is 0 Å². The molecule has 0 nitrogen and oxygen atoms in total. The predicted molar refractivity (Wildman–Crippen MR) is 124 cm³/mol. The van der Waals surface area contributed by atoms with Crippen LogP contribution in [0.3, 0.4) is 0 Å². The smallest absolute Gasteiger partial charge is 0.0158 e. The third-order valence-corrected chi connectivity index (χ3v) is 6.56. The molecule has 4 aromatic carbocycles. The van der Waals surface area contributed by atoms with Crippen molar-refractivity contribution >= 4 is 0 Å². The van der Waals surface area contributed by atoms with Crippen LogP contribution < -0.4 is 0 Å². The van der Waals surface area contributed by atoms with Crippen LogP contribution in [-0.2, 0) is 5.41 Å². The second kappa shape index (κ2) is 6.46. The summed E-state index contributed by atoms with van der Waals surface area (Å²) in [4.78, 5) is 0. The van der Waals surface area contributed by atoms with Crippen LogP contribution in [-0.4, -0.2) is 0 Å². The molecule has 4 aromatic rings. The Balaban J connectivity index is 1.72. The van der Waals surface area contributed by atoms with E-state index in [4.69, 9.17) is 0 Å². The molecule has 0 aromatic heterocycles. The van der Waals surface area contributed by atoms with Gasteiger partial charge in [-0.2, -0.15) is 0 Å². The molecule has 0 heterocycles. The first kappa shape index (κ1) is 17.9. The first-order chi connectivity index (χ1) is 14.0. The van der Waals surface area contributed by atoms with Gasteiger partial charge in [0.25, 0.3) is 0 Å². The zero-order chi connectivity index (χ0) is 20.2. The lowest BCUT2D eigenvalue weighted by Gasteiger charge is -2.22. The minimum absolute atomic E-state index is 0.0517. The van der Waals surface area contributed by atoms with Gasteiger partial charge in [0.15, 0.2) is 0 Å². The monoisotopic (exact) mass is 374 g/mol. The highest BCUT2D eigenvalue weighted by atomic mass is 14.4. The minimum atomic E-state index is 0.0517. The van der Waals surface area contributed by atoms with Crippen molar-refractivity contribution in [3.05, 3.63) is 107 Å². The van der Waals surface area contributed by atoms with Crippen molar-refractivity contribution in [2.75, 3.05) is 0 Å². The van der Waals surface area contributed by atoms with Crippen molar-refractivity contribution < 1.29 is 0 Å². The fourth-order valence-corrected chi connectivity index (χ4v) is 4.87. The quantitative estimate of drug-likeness (QED) is 0.334. The molecule has 0 spiro atoms. The maximum Gasteiger partial charge on any atom is 0.0158 e. The number of hydrogen-bond donors (Lipinski definition) is 0. The summed E-state index contributed by atoms with van der Waals surface area (Å²) in [5.41, 5.74) is 13.6. The van der Waals surface area contributed by atoms with Crippen LogP contribution >= 0.6 is 0 Å². The summed E-state index contributed by atoms with van der Waals surface area (Å²) in [7, 11) is 0. The highest BCUT2D eigenvalue weighted by Gasteiger charge is 2.35. The van der Waals surface area contributed by atoms with E-state index < -0.39 is 0 Å². The Bertz CT molecular complexity index is 1230. The molecular weight excluding hydrogens is 348 g/mol. The molecule has 0 saturated carbocycles. The van der Waals surface area contributed by atoms with E-state index in [1.54, 1.807) is 0 Å². The average Bonchev–Trinajstić information content (AvgIpc) is 2.96. The molecule has 0 saturated heterocycles. The number of fused-ring (bicyclic) bond motifs is 3. The summed E-state index contributed by atoms with van der Waals surface area (Å²) in [6.07, 6.45) is 0. The normalized spacial score (nSPS) is 13.8. The molecule has 0 radical (unpaired) electrons. The Morgan fingerprint density at radius 3 is 1.97 bits per heavy atom. The van der Waals surface area contributed by atoms with Gasteiger partial charge in [-0.25, -0.2) is 0 Å². The van der Waals surface area contributed by atoms with Gasteiger partial charge in [0.05, 0.1) is 0 Å². The molecule has 29 heavy (non-hydrogen) atoms. The fourth-order valence-electron chi connectivity index (χ4n) is 4.87. The van der Waals surface area contributed by atoms with E-state index in [0.717, 1.165) is 0 Å². The molecule has 0 unspecified atom stereocenters. The molecule has 0 N–H and O–H groups in total. The third kappa shape index (κ3) is 2.75. The molecule has 0 aliphatic heterocycles. The Kier molecular flexibility index (Phi) is 3.99. The van der Waals surface area contributed by atoms with Crippen molar-refractivity contribution in [3.8, 4) is 33.4 Å². The van der Waals surface area contributed by atoms with Gasteiger partial charge in [-0.05, 0) is 81.6 Å². The van der Waals surface area contributed by atoms with Gasteiger partial charge in [0, 0.05) is 5.41 Å². The summed E-state index contributed by atoms with van der Waals surface area (Å²) in [5.74, 6) is 0. The van der Waals surface area contributed by atoms with E-state index in [1.165, 1.54) is 55.6 Å². The molecule has 1 aliphatic carbocycles. The molecule has 0 atom stereocenters. The van der Waals surface area contributed by atoms with Crippen LogP contribution in [0.5, 0.6) is 0 Å². The Morgan fingerprint density at radius 1 is 0.483 bits per heavy atom. The van der Waals surface area contributed by atoms with Gasteiger partial charge >= 0.3 is 0 Å². The average molecular weight is 375 g/mol. The summed E-state index contributed by atoms with van der Waals surface area (Å²) < 4.78 is 0. The minimum Gasteiger partial charge on any atom is -0.0622 e. The lowest BCUT2D eigenvalue weighted by molar-refractivity contribution is 0.660. The van der Waals surface area contributed by atoms with E-state index in [2.05, 4.69) is 113 Å². The molecular formula is C29H26. The standard InChI is InChI=1S/C29H26/c1-19-14-15-22(21-10-6-5-7-11-21)17-24(19)25-18-26-23-12-8-9-13-27(23)29(3,4)28(26)16-20(25)2/h5-18H,1-4H3. The Hall–Kier alpha value is -3.12. The summed E-state index contributed by atoms with van der Waals surface area (Å²) in [6.45, 7) is 9.16. The van der Waals surface area contributed by atoms with Crippen molar-refractivity contribution in [3.63, 3.8) is 0 Å². The zero-order valence-electron chi connectivity index (χ0n) is 17.6. The highest BCUT2D eigenvalue weighted by Crippen LogP contribution is 2.50. The first-order valence-electron chi connectivity index (χ1n) is 10.4. The van der Waals surface area contributed by atoms with Crippen molar-refractivity contribution in [1.29, 1.82) is 0 Å². The molecule has 1 aliphatic rings. The van der Waals surface area contributed by atoms with E-state index in [9.17, 15) is 0 Å². The number of aryl methyl sites for hydroxylation is 2. The number of rotatable bonds is 2. The molecule has 142 valence electrons. The van der Waals surface area contributed by atoms with Gasteiger partial charge in [-0.15, -0.1) is 0 Å². The maximum atomic E-state index is 2.43. The number of benzene rings is 4. The lowest BCUT2D eigenvalue weighted by atomic mass is 9.81.